The Hall–Kier alpha value is -4.30. The van der Waals surface area contributed by atoms with E-state index in [4.69, 9.17) is 0 Å². The molecule has 6 aromatic carbocycles. The van der Waals surface area contributed by atoms with Crippen molar-refractivity contribution >= 4 is 32.3 Å². The van der Waals surface area contributed by atoms with Crippen LogP contribution >= 0.6 is 0 Å². The van der Waals surface area contributed by atoms with Gasteiger partial charge in [0.1, 0.15) is 11.5 Å². The Morgan fingerprint density at radius 1 is 0.333 bits per heavy atom. The van der Waals surface area contributed by atoms with Gasteiger partial charge in [0, 0.05) is 21.9 Å². The van der Waals surface area contributed by atoms with Gasteiger partial charge in [-0.25, -0.2) is 0 Å². The van der Waals surface area contributed by atoms with Crippen molar-refractivity contribution < 1.29 is 10.2 Å². The van der Waals surface area contributed by atoms with Crippen molar-refractivity contribution in [3.8, 4) is 33.8 Å². The van der Waals surface area contributed by atoms with E-state index in [0.29, 0.717) is 21.9 Å². The third-order valence-electron chi connectivity index (χ3n) is 10.1. The second-order valence-electron chi connectivity index (χ2n) is 17.9. The molecule has 2 nitrogen and oxygen atoms in total. The summed E-state index contributed by atoms with van der Waals surface area (Å²) in [6, 6.07) is 30.1. The fraction of sp³-hybridized carbons (Fsp3) is 0.348. The Balaban J connectivity index is 1.82. The van der Waals surface area contributed by atoms with Crippen molar-refractivity contribution in [3.05, 3.63) is 107 Å². The molecule has 0 fully saturated rings. The van der Waals surface area contributed by atoms with Crippen molar-refractivity contribution in [2.45, 2.75) is 105 Å². The Morgan fingerprint density at radius 3 is 0.875 bits per heavy atom. The first-order chi connectivity index (χ1) is 22.2. The maximum Gasteiger partial charge on any atom is 0.132 e. The van der Waals surface area contributed by atoms with Crippen molar-refractivity contribution in [1.82, 2.24) is 0 Å². The van der Waals surface area contributed by atoms with Crippen LogP contribution in [0.3, 0.4) is 0 Å². The molecule has 0 aliphatic rings. The summed E-state index contributed by atoms with van der Waals surface area (Å²) in [5.41, 5.74) is 7.81. The zero-order chi connectivity index (χ0) is 35.1. The normalized spacial score (nSPS) is 13.2. The molecule has 0 radical (unpaired) electrons. The molecule has 0 aliphatic carbocycles. The molecule has 0 atom stereocenters. The highest BCUT2D eigenvalue weighted by molar-refractivity contribution is 6.31. The Bertz CT molecular complexity index is 2030. The average Bonchev–Trinajstić information content (AvgIpc) is 3.00. The molecule has 48 heavy (non-hydrogen) atoms. The summed E-state index contributed by atoms with van der Waals surface area (Å²) in [5, 5.41) is 30.7. The molecule has 0 unspecified atom stereocenters. The van der Waals surface area contributed by atoms with Crippen LogP contribution in [-0.4, -0.2) is 10.2 Å². The van der Waals surface area contributed by atoms with E-state index in [-0.39, 0.29) is 33.2 Å². The van der Waals surface area contributed by atoms with Crippen molar-refractivity contribution in [1.29, 1.82) is 0 Å². The van der Waals surface area contributed by atoms with E-state index in [0.717, 1.165) is 32.7 Å². The van der Waals surface area contributed by atoms with Crippen molar-refractivity contribution in [2.24, 2.45) is 0 Å². The highest BCUT2D eigenvalue weighted by Crippen LogP contribution is 2.54. The second-order valence-corrected chi connectivity index (χ2v) is 17.9. The minimum absolute atomic E-state index is 0.0104. The first kappa shape index (κ1) is 33.6. The summed E-state index contributed by atoms with van der Waals surface area (Å²) < 4.78 is 0. The van der Waals surface area contributed by atoms with Gasteiger partial charge in [-0.05, 0) is 88.7 Å². The van der Waals surface area contributed by atoms with Gasteiger partial charge in [0.15, 0.2) is 0 Å². The predicted molar refractivity (Wildman–Crippen MR) is 208 cm³/mol. The zero-order valence-corrected chi connectivity index (χ0v) is 31.0. The monoisotopic (exact) mass is 636 g/mol. The van der Waals surface area contributed by atoms with Crippen LogP contribution in [0.1, 0.15) is 105 Å². The van der Waals surface area contributed by atoms with E-state index in [1.807, 2.05) is 0 Å². The number of phenolic OH excluding ortho intramolecular Hbond substituents is 2. The number of hydrogen-bond donors (Lipinski definition) is 2. The fourth-order valence-corrected chi connectivity index (χ4v) is 6.99. The maximum absolute atomic E-state index is 12.6. The lowest BCUT2D eigenvalue weighted by Crippen LogP contribution is -2.11. The summed E-state index contributed by atoms with van der Waals surface area (Å²) in [5.74, 6) is 0.382. The zero-order valence-electron chi connectivity index (χ0n) is 31.0. The van der Waals surface area contributed by atoms with Gasteiger partial charge < -0.3 is 10.2 Å². The molecule has 0 aromatic heterocycles. The van der Waals surface area contributed by atoms with Crippen LogP contribution in [0.5, 0.6) is 11.5 Å². The second kappa shape index (κ2) is 11.1. The molecule has 0 bridgehead atoms. The summed E-state index contributed by atoms with van der Waals surface area (Å²) in [4.78, 5) is 0. The fourth-order valence-electron chi connectivity index (χ4n) is 6.99. The van der Waals surface area contributed by atoms with Crippen LogP contribution in [0.15, 0.2) is 84.9 Å². The third kappa shape index (κ3) is 5.74. The molecule has 2 N–H and O–H groups in total. The Kier molecular flexibility index (Phi) is 7.79. The van der Waals surface area contributed by atoms with Gasteiger partial charge in [-0.3, -0.25) is 0 Å². The SMILES string of the molecule is CC(C)(C)c1ccc(-c2c(-c3ccc(C(C)(C)C)cc3)c(O)c3c4ccc(C(C)(C)C)cc4c4cc(C(C)(C)C)ccc4c3c2O)cc1. The van der Waals surface area contributed by atoms with E-state index in [1.165, 1.54) is 22.3 Å². The van der Waals surface area contributed by atoms with Crippen molar-refractivity contribution in [2.75, 3.05) is 0 Å². The smallest absolute Gasteiger partial charge is 0.132 e. The lowest BCUT2D eigenvalue weighted by Gasteiger charge is -2.25. The molecule has 0 amide bonds. The van der Waals surface area contributed by atoms with E-state index >= 15 is 0 Å². The molecule has 2 heteroatoms. The van der Waals surface area contributed by atoms with Gasteiger partial charge in [-0.15, -0.1) is 0 Å². The van der Waals surface area contributed by atoms with Gasteiger partial charge >= 0.3 is 0 Å². The molecule has 0 aliphatic heterocycles. The van der Waals surface area contributed by atoms with Gasteiger partial charge in [0.2, 0.25) is 0 Å². The minimum atomic E-state index is -0.0513. The molecule has 6 aromatic rings. The molecule has 0 saturated heterocycles. The lowest BCUT2D eigenvalue weighted by atomic mass is 9.80. The van der Waals surface area contributed by atoms with Gasteiger partial charge in [0.25, 0.3) is 0 Å². The Morgan fingerprint density at radius 2 is 0.604 bits per heavy atom. The van der Waals surface area contributed by atoms with Gasteiger partial charge in [-0.2, -0.15) is 0 Å². The number of rotatable bonds is 2. The summed E-state index contributed by atoms with van der Waals surface area (Å²) in [7, 11) is 0. The van der Waals surface area contributed by atoms with E-state index in [1.54, 1.807) is 0 Å². The number of phenols is 2. The van der Waals surface area contributed by atoms with E-state index < -0.39 is 0 Å². The molecular weight excluding hydrogens is 585 g/mol. The highest BCUT2D eigenvalue weighted by Gasteiger charge is 2.28. The van der Waals surface area contributed by atoms with Crippen LogP contribution in [0.2, 0.25) is 0 Å². The predicted octanol–water partition coefficient (Wildman–Crippen LogP) is 13.1. The van der Waals surface area contributed by atoms with Gasteiger partial charge in [-0.1, -0.05) is 156 Å². The van der Waals surface area contributed by atoms with E-state index in [9.17, 15) is 10.2 Å². The average molecular weight is 637 g/mol. The topological polar surface area (TPSA) is 40.5 Å². The first-order valence-corrected chi connectivity index (χ1v) is 17.3. The molecule has 6 rings (SSSR count). The summed E-state index contributed by atoms with van der Waals surface area (Å²) in [6.07, 6.45) is 0. The van der Waals surface area contributed by atoms with E-state index in [2.05, 4.69) is 168 Å². The van der Waals surface area contributed by atoms with Crippen LogP contribution < -0.4 is 0 Å². The number of fused-ring (bicyclic) bond motifs is 6. The molecular formula is C46H52O2. The molecule has 0 saturated carbocycles. The number of benzene rings is 6. The summed E-state index contributed by atoms with van der Waals surface area (Å²) in [6.45, 7) is 26.6. The number of hydrogen-bond acceptors (Lipinski definition) is 2. The maximum atomic E-state index is 12.6. The minimum Gasteiger partial charge on any atom is -0.507 e. The van der Waals surface area contributed by atoms with Crippen LogP contribution in [0.4, 0.5) is 0 Å². The van der Waals surface area contributed by atoms with Gasteiger partial charge in [0.05, 0.1) is 0 Å². The summed E-state index contributed by atoms with van der Waals surface area (Å²) >= 11 is 0. The molecule has 0 heterocycles. The molecule has 0 spiro atoms. The standard InChI is InChI=1S/C46H52O2/c1-43(2,3)29-17-13-27(14-18-29)37-38(28-15-19-30(20-16-28)44(4,5)6)42(48)40-34-24-22-32(46(10,11)12)26-36(34)35-25-31(45(7,8)9)21-23-33(35)39(40)41(37)47/h13-26,47-48H,1-12H3. The Labute approximate surface area is 287 Å². The third-order valence-corrected chi connectivity index (χ3v) is 10.1. The van der Waals surface area contributed by atoms with Crippen LogP contribution in [-0.2, 0) is 21.7 Å². The number of aromatic hydroxyl groups is 2. The van der Waals surface area contributed by atoms with Crippen molar-refractivity contribution in [3.63, 3.8) is 0 Å². The first-order valence-electron chi connectivity index (χ1n) is 17.3. The lowest BCUT2D eigenvalue weighted by molar-refractivity contribution is 0.473. The largest absolute Gasteiger partial charge is 0.507 e. The quantitative estimate of drug-likeness (QED) is 0.147. The van der Waals surface area contributed by atoms with Crippen LogP contribution in [0, 0.1) is 0 Å². The van der Waals surface area contributed by atoms with Crippen LogP contribution in [0.25, 0.3) is 54.6 Å². The molecule has 248 valence electrons. The highest BCUT2D eigenvalue weighted by atomic mass is 16.3.